The first-order valence-corrected chi connectivity index (χ1v) is 12.9. The van der Waals surface area contributed by atoms with E-state index in [1.807, 2.05) is 37.4 Å². The summed E-state index contributed by atoms with van der Waals surface area (Å²) >= 11 is 1.59. The number of fused-ring (bicyclic) bond motifs is 3. The van der Waals surface area contributed by atoms with Crippen molar-refractivity contribution < 1.29 is 24.2 Å². The third kappa shape index (κ3) is 6.76. The maximum atomic E-state index is 12.8. The van der Waals surface area contributed by atoms with E-state index in [4.69, 9.17) is 9.84 Å². The van der Waals surface area contributed by atoms with Gasteiger partial charge in [0.2, 0.25) is 5.91 Å². The van der Waals surface area contributed by atoms with Gasteiger partial charge in [-0.2, -0.15) is 11.8 Å². The molecular formula is C26H32N2O5S. The highest BCUT2D eigenvalue weighted by molar-refractivity contribution is 7.98. The third-order valence-electron chi connectivity index (χ3n) is 5.98. The summed E-state index contributed by atoms with van der Waals surface area (Å²) in [6.07, 6.45) is 2.88. The largest absolute Gasteiger partial charge is 0.481 e. The van der Waals surface area contributed by atoms with Gasteiger partial charge in [0.25, 0.3) is 0 Å². The van der Waals surface area contributed by atoms with Crippen LogP contribution in [0.2, 0.25) is 0 Å². The second-order valence-electron chi connectivity index (χ2n) is 8.50. The lowest BCUT2D eigenvalue weighted by molar-refractivity contribution is -0.137. The van der Waals surface area contributed by atoms with Crippen molar-refractivity contribution in [1.82, 2.24) is 10.6 Å². The van der Waals surface area contributed by atoms with E-state index < -0.39 is 18.1 Å². The summed E-state index contributed by atoms with van der Waals surface area (Å²) in [5.41, 5.74) is 4.56. The van der Waals surface area contributed by atoms with Gasteiger partial charge in [0.15, 0.2) is 0 Å². The molecule has 1 aliphatic rings. The van der Waals surface area contributed by atoms with Crippen molar-refractivity contribution in [3.63, 3.8) is 0 Å². The van der Waals surface area contributed by atoms with Gasteiger partial charge in [-0.1, -0.05) is 48.5 Å². The van der Waals surface area contributed by atoms with Crippen LogP contribution < -0.4 is 10.6 Å². The summed E-state index contributed by atoms with van der Waals surface area (Å²) in [7, 11) is 0. The van der Waals surface area contributed by atoms with E-state index in [0.29, 0.717) is 25.0 Å². The maximum Gasteiger partial charge on any atom is 0.407 e. The van der Waals surface area contributed by atoms with Gasteiger partial charge in [0, 0.05) is 18.4 Å². The fourth-order valence-electron chi connectivity index (χ4n) is 4.26. The van der Waals surface area contributed by atoms with Crippen molar-refractivity contribution in [2.45, 2.75) is 50.6 Å². The summed E-state index contributed by atoms with van der Waals surface area (Å²) in [5.74, 6) is -0.487. The third-order valence-corrected chi connectivity index (χ3v) is 6.62. The number of carboxylic acid groups (broad SMARTS) is 1. The van der Waals surface area contributed by atoms with Gasteiger partial charge in [-0.3, -0.25) is 9.59 Å². The smallest absolute Gasteiger partial charge is 0.407 e. The molecule has 0 bridgehead atoms. The number of carbonyl (C=O) groups excluding carboxylic acids is 2. The highest BCUT2D eigenvalue weighted by Gasteiger charge is 2.30. The first-order chi connectivity index (χ1) is 16.4. The van der Waals surface area contributed by atoms with E-state index in [0.717, 1.165) is 22.3 Å². The van der Waals surface area contributed by atoms with Crippen LogP contribution in [-0.2, 0) is 14.3 Å². The van der Waals surface area contributed by atoms with Gasteiger partial charge < -0.3 is 20.5 Å². The zero-order valence-corrected chi connectivity index (χ0v) is 20.4. The number of ether oxygens (including phenoxy) is 1. The molecule has 2 aromatic rings. The molecular weight excluding hydrogens is 452 g/mol. The van der Waals surface area contributed by atoms with Crippen molar-refractivity contribution in [1.29, 1.82) is 0 Å². The fourth-order valence-corrected chi connectivity index (χ4v) is 4.73. The lowest BCUT2D eigenvalue weighted by Crippen LogP contribution is -2.49. The maximum absolute atomic E-state index is 12.8. The van der Waals surface area contributed by atoms with Gasteiger partial charge in [0.05, 0.1) is 0 Å². The standard InChI is InChI=1S/C26H32N2O5S/c1-17(8-7-13-24(29)30)27-25(31)23(14-15-34-2)28-26(32)33-16-22-20-11-5-3-9-18(20)19-10-4-6-12-21(19)22/h3-6,9-12,17,22-23H,7-8,13-16H2,1-2H3,(H,27,31)(H,28,32)(H,29,30)/t17?,23-/m0/s1. The van der Waals surface area contributed by atoms with Crippen LogP contribution in [0.3, 0.4) is 0 Å². The minimum absolute atomic E-state index is 0.0501. The molecule has 0 spiro atoms. The fraction of sp³-hybridized carbons (Fsp3) is 0.423. The molecule has 7 nitrogen and oxygen atoms in total. The van der Waals surface area contributed by atoms with Crippen LogP contribution in [0.15, 0.2) is 48.5 Å². The molecule has 0 aliphatic heterocycles. The zero-order chi connectivity index (χ0) is 24.5. The predicted molar refractivity (Wildman–Crippen MR) is 134 cm³/mol. The normalized spacial score (nSPS) is 13.9. The Bertz CT molecular complexity index is 967. The second kappa shape index (κ2) is 12.5. The number of hydrogen-bond acceptors (Lipinski definition) is 5. The number of aliphatic carboxylic acids is 1. The highest BCUT2D eigenvalue weighted by Crippen LogP contribution is 2.44. The van der Waals surface area contributed by atoms with Crippen LogP contribution in [0.1, 0.15) is 49.7 Å². The summed E-state index contributed by atoms with van der Waals surface area (Å²) in [5, 5.41) is 14.4. The van der Waals surface area contributed by atoms with Crippen LogP contribution in [0.25, 0.3) is 11.1 Å². The molecule has 2 atom stereocenters. The number of amides is 2. The van der Waals surface area contributed by atoms with Gasteiger partial charge >= 0.3 is 12.1 Å². The number of benzene rings is 2. The van der Waals surface area contributed by atoms with Gasteiger partial charge in [-0.15, -0.1) is 0 Å². The van der Waals surface area contributed by atoms with Crippen LogP contribution in [-0.4, -0.2) is 53.8 Å². The average molecular weight is 485 g/mol. The van der Waals surface area contributed by atoms with E-state index in [-0.39, 0.29) is 30.9 Å². The molecule has 1 aliphatic carbocycles. The van der Waals surface area contributed by atoms with Crippen molar-refractivity contribution in [2.24, 2.45) is 0 Å². The number of nitrogens with one attached hydrogen (secondary N) is 2. The zero-order valence-electron chi connectivity index (χ0n) is 19.6. The highest BCUT2D eigenvalue weighted by atomic mass is 32.2. The first-order valence-electron chi connectivity index (χ1n) is 11.5. The Kier molecular flexibility index (Phi) is 9.39. The van der Waals surface area contributed by atoms with Crippen molar-refractivity contribution in [3.8, 4) is 11.1 Å². The van der Waals surface area contributed by atoms with Crippen molar-refractivity contribution in [3.05, 3.63) is 59.7 Å². The molecule has 34 heavy (non-hydrogen) atoms. The lowest BCUT2D eigenvalue weighted by atomic mass is 9.98. The minimum Gasteiger partial charge on any atom is -0.481 e. The number of alkyl carbamates (subject to hydrolysis) is 1. The minimum atomic E-state index is -0.853. The first kappa shape index (κ1) is 25.6. The van der Waals surface area contributed by atoms with Gasteiger partial charge in [-0.25, -0.2) is 4.79 Å². The number of thioether (sulfide) groups is 1. The Morgan fingerprint density at radius 1 is 1.00 bits per heavy atom. The molecule has 0 heterocycles. The molecule has 0 saturated carbocycles. The van der Waals surface area contributed by atoms with E-state index >= 15 is 0 Å². The molecule has 0 radical (unpaired) electrons. The number of carboxylic acids is 1. The molecule has 0 fully saturated rings. The van der Waals surface area contributed by atoms with E-state index in [9.17, 15) is 14.4 Å². The molecule has 2 aromatic carbocycles. The van der Waals surface area contributed by atoms with Crippen LogP contribution in [0.4, 0.5) is 4.79 Å². The summed E-state index contributed by atoms with van der Waals surface area (Å²) in [4.78, 5) is 36.1. The van der Waals surface area contributed by atoms with Crippen LogP contribution >= 0.6 is 11.8 Å². The number of hydrogen-bond donors (Lipinski definition) is 3. The molecule has 3 N–H and O–H groups in total. The number of carbonyl (C=O) groups is 3. The topological polar surface area (TPSA) is 105 Å². The molecule has 182 valence electrons. The molecule has 0 saturated heterocycles. The van der Waals surface area contributed by atoms with Crippen LogP contribution in [0.5, 0.6) is 0 Å². The van der Waals surface area contributed by atoms with Crippen LogP contribution in [0, 0.1) is 0 Å². The summed E-state index contributed by atoms with van der Waals surface area (Å²) in [6.45, 7) is 2.01. The SMILES string of the molecule is CSCC[C@H](NC(=O)OCC1c2ccccc2-c2ccccc21)C(=O)NC(C)CCCC(=O)O. The van der Waals surface area contributed by atoms with Crippen molar-refractivity contribution in [2.75, 3.05) is 18.6 Å². The molecule has 1 unspecified atom stereocenters. The quantitative estimate of drug-likeness (QED) is 0.412. The Labute approximate surface area is 204 Å². The Morgan fingerprint density at radius 2 is 1.62 bits per heavy atom. The predicted octanol–water partition coefficient (Wildman–Crippen LogP) is 4.41. The summed E-state index contributed by atoms with van der Waals surface area (Å²) in [6, 6.07) is 15.3. The molecule has 3 rings (SSSR count). The summed E-state index contributed by atoms with van der Waals surface area (Å²) < 4.78 is 5.59. The molecule has 0 aromatic heterocycles. The molecule has 8 heteroatoms. The Balaban J connectivity index is 1.57. The number of rotatable bonds is 12. The Morgan fingerprint density at radius 3 is 2.21 bits per heavy atom. The van der Waals surface area contributed by atoms with Gasteiger partial charge in [0.1, 0.15) is 12.6 Å². The van der Waals surface area contributed by atoms with E-state index in [1.54, 1.807) is 11.8 Å². The van der Waals surface area contributed by atoms with E-state index in [1.165, 1.54) is 0 Å². The Hall–Kier alpha value is -3.00. The second-order valence-corrected chi connectivity index (χ2v) is 9.49. The van der Waals surface area contributed by atoms with Gasteiger partial charge in [-0.05, 0) is 60.4 Å². The average Bonchev–Trinajstić information content (AvgIpc) is 3.13. The lowest BCUT2D eigenvalue weighted by Gasteiger charge is -2.22. The van der Waals surface area contributed by atoms with Crippen molar-refractivity contribution >= 4 is 29.7 Å². The van der Waals surface area contributed by atoms with E-state index in [2.05, 4.69) is 34.9 Å². The molecule has 2 amide bonds. The monoisotopic (exact) mass is 484 g/mol.